The van der Waals surface area contributed by atoms with Gasteiger partial charge in [-0.25, -0.2) is 14.6 Å². The van der Waals surface area contributed by atoms with Crippen LogP contribution >= 0.6 is 0 Å². The van der Waals surface area contributed by atoms with Gasteiger partial charge in [0.15, 0.2) is 5.82 Å². The molecule has 3 heterocycles. The fourth-order valence-corrected chi connectivity index (χ4v) is 2.78. The number of carboxylic acids is 2. The lowest BCUT2D eigenvalue weighted by Gasteiger charge is -2.24. The van der Waals surface area contributed by atoms with E-state index in [2.05, 4.69) is 32.1 Å². The largest absolute Gasteiger partial charge is 0.490 e. The third kappa shape index (κ3) is 10.8. The molecule has 16 heteroatoms. The highest BCUT2D eigenvalue weighted by atomic mass is 19.4. The number of methoxy groups -OCH3 is 1. The van der Waals surface area contributed by atoms with Crippen LogP contribution < -0.4 is 9.80 Å². The molecule has 0 radical (unpaired) electrons. The zero-order valence-corrected chi connectivity index (χ0v) is 20.0. The molecule has 0 saturated carbocycles. The number of hydrogen-bond donors (Lipinski definition) is 2. The summed E-state index contributed by atoms with van der Waals surface area (Å²) in [5.74, 6) is -3.54. The quantitative estimate of drug-likeness (QED) is 0.557. The molecule has 0 saturated heterocycles. The third-order valence-corrected chi connectivity index (χ3v) is 4.55. The fraction of sp³-hybridized carbons (Fsp3) is 0.476. The summed E-state index contributed by atoms with van der Waals surface area (Å²) in [7, 11) is 1.73. The molecule has 2 N–H and O–H groups in total. The van der Waals surface area contributed by atoms with Crippen molar-refractivity contribution in [2.45, 2.75) is 32.7 Å². The van der Waals surface area contributed by atoms with E-state index < -0.39 is 24.3 Å². The number of aromatic nitrogens is 3. The van der Waals surface area contributed by atoms with Crippen molar-refractivity contribution in [3.05, 3.63) is 41.2 Å². The van der Waals surface area contributed by atoms with Gasteiger partial charge in [0.05, 0.1) is 12.3 Å². The van der Waals surface area contributed by atoms with Crippen molar-refractivity contribution in [2.24, 2.45) is 0 Å². The Balaban J connectivity index is 0.000000404. The lowest BCUT2D eigenvalue weighted by atomic mass is 10.2. The van der Waals surface area contributed by atoms with Crippen molar-refractivity contribution in [3.8, 4) is 0 Å². The van der Waals surface area contributed by atoms with Gasteiger partial charge in [0.1, 0.15) is 5.82 Å². The van der Waals surface area contributed by atoms with Gasteiger partial charge in [-0.15, -0.1) is 5.10 Å². The first kappa shape index (κ1) is 31.3. The fourth-order valence-electron chi connectivity index (χ4n) is 2.78. The standard InChI is InChI=1S/C17H23N5O.2C2HF3O2/c1-13-4-6-15-12-22(16-7-5-14(2)19-20-16)9-8-21(10-11-23-3)17(15)18-13;2*3-2(4,5)1(6)7/h4-7H,8-12H2,1-3H3;2*(H,6,7). The molecule has 0 aliphatic carbocycles. The predicted octanol–water partition coefficient (Wildman–Crippen LogP) is 3.23. The average Bonchev–Trinajstić information content (AvgIpc) is 2.97. The molecule has 0 bridgehead atoms. The maximum Gasteiger partial charge on any atom is 0.490 e. The van der Waals surface area contributed by atoms with E-state index >= 15 is 0 Å². The van der Waals surface area contributed by atoms with Crippen molar-refractivity contribution < 1.29 is 50.9 Å². The van der Waals surface area contributed by atoms with Crippen LogP contribution in [0.15, 0.2) is 24.3 Å². The van der Waals surface area contributed by atoms with Gasteiger partial charge < -0.3 is 24.7 Å². The molecule has 2 aromatic heterocycles. The Morgan fingerprint density at radius 2 is 1.46 bits per heavy atom. The Hall–Kier alpha value is -3.69. The SMILES string of the molecule is COCCN1CCN(c2ccc(C)nn2)Cc2ccc(C)nc21.O=C(O)C(F)(F)F.O=C(O)C(F)(F)F. The normalized spacial score (nSPS) is 13.3. The number of nitrogens with zero attached hydrogens (tertiary/aromatic N) is 5. The molecule has 2 aromatic rings. The number of carbonyl (C=O) groups is 2. The molecular formula is C21H25F6N5O5. The highest BCUT2D eigenvalue weighted by Gasteiger charge is 2.38. The van der Waals surface area contributed by atoms with Crippen LogP contribution in [0.25, 0.3) is 0 Å². The van der Waals surface area contributed by atoms with Crippen LogP contribution in [0, 0.1) is 13.8 Å². The van der Waals surface area contributed by atoms with Crippen LogP contribution in [0.5, 0.6) is 0 Å². The number of alkyl halides is 6. The Bertz CT molecular complexity index is 1010. The van der Waals surface area contributed by atoms with E-state index in [9.17, 15) is 26.3 Å². The molecule has 0 unspecified atom stereocenters. The van der Waals surface area contributed by atoms with Crippen LogP contribution in [-0.4, -0.2) is 83.0 Å². The second kappa shape index (κ2) is 13.6. The highest BCUT2D eigenvalue weighted by molar-refractivity contribution is 5.73. The summed E-state index contributed by atoms with van der Waals surface area (Å²) in [6, 6.07) is 8.27. The summed E-state index contributed by atoms with van der Waals surface area (Å²) >= 11 is 0. The summed E-state index contributed by atoms with van der Waals surface area (Å²) < 4.78 is 68.7. The highest BCUT2D eigenvalue weighted by Crippen LogP contribution is 2.25. The number of fused-ring (bicyclic) bond motifs is 1. The van der Waals surface area contributed by atoms with E-state index in [1.807, 2.05) is 26.0 Å². The van der Waals surface area contributed by atoms with Gasteiger partial charge in [0.25, 0.3) is 0 Å². The summed E-state index contributed by atoms with van der Waals surface area (Å²) in [6.07, 6.45) is -10.2. The first-order chi connectivity index (χ1) is 17.1. The number of rotatable bonds is 4. The number of ether oxygens (including phenoxy) is 1. The van der Waals surface area contributed by atoms with E-state index in [1.54, 1.807) is 7.11 Å². The Kier molecular flexibility index (Phi) is 11.5. The van der Waals surface area contributed by atoms with Crippen LogP contribution in [-0.2, 0) is 20.9 Å². The third-order valence-electron chi connectivity index (χ3n) is 4.55. The minimum atomic E-state index is -5.08. The molecule has 206 valence electrons. The van der Waals surface area contributed by atoms with E-state index in [-0.39, 0.29) is 0 Å². The number of pyridine rings is 1. The van der Waals surface area contributed by atoms with Crippen LogP contribution in [0.4, 0.5) is 38.0 Å². The second-order valence-corrected chi connectivity index (χ2v) is 7.48. The van der Waals surface area contributed by atoms with Crippen LogP contribution in [0.1, 0.15) is 17.0 Å². The average molecular weight is 541 g/mol. The van der Waals surface area contributed by atoms with Crippen molar-refractivity contribution in [1.82, 2.24) is 15.2 Å². The van der Waals surface area contributed by atoms with Gasteiger partial charge in [0.2, 0.25) is 0 Å². The van der Waals surface area contributed by atoms with Gasteiger partial charge in [0, 0.05) is 44.5 Å². The minimum Gasteiger partial charge on any atom is -0.475 e. The van der Waals surface area contributed by atoms with Crippen molar-refractivity contribution in [2.75, 3.05) is 43.2 Å². The molecule has 0 atom stereocenters. The number of anilines is 2. The lowest BCUT2D eigenvalue weighted by Crippen LogP contribution is -2.34. The number of aryl methyl sites for hydroxylation is 2. The molecule has 10 nitrogen and oxygen atoms in total. The van der Waals surface area contributed by atoms with E-state index in [1.165, 1.54) is 5.56 Å². The van der Waals surface area contributed by atoms with Crippen LogP contribution in [0.3, 0.4) is 0 Å². The topological polar surface area (TPSA) is 129 Å². The Labute approximate surface area is 207 Å². The maximum absolute atomic E-state index is 10.6. The van der Waals surface area contributed by atoms with E-state index in [0.717, 1.165) is 49.2 Å². The summed E-state index contributed by atoms with van der Waals surface area (Å²) in [4.78, 5) is 27.1. The monoisotopic (exact) mass is 541 g/mol. The number of carboxylic acid groups (broad SMARTS) is 2. The van der Waals surface area contributed by atoms with E-state index in [0.29, 0.717) is 6.61 Å². The van der Waals surface area contributed by atoms with Crippen LogP contribution in [0.2, 0.25) is 0 Å². The molecule has 3 rings (SSSR count). The predicted molar refractivity (Wildman–Crippen MR) is 118 cm³/mol. The zero-order chi connectivity index (χ0) is 28.4. The van der Waals surface area contributed by atoms with Gasteiger partial charge >= 0.3 is 24.3 Å². The maximum atomic E-state index is 10.6. The van der Waals surface area contributed by atoms with Crippen molar-refractivity contribution in [1.29, 1.82) is 0 Å². The zero-order valence-electron chi connectivity index (χ0n) is 20.0. The molecule has 0 amide bonds. The Morgan fingerprint density at radius 3 is 1.92 bits per heavy atom. The number of hydrogen-bond acceptors (Lipinski definition) is 8. The van der Waals surface area contributed by atoms with Gasteiger partial charge in [-0.2, -0.15) is 31.4 Å². The molecule has 0 spiro atoms. The summed E-state index contributed by atoms with van der Waals surface area (Å²) in [5, 5.41) is 22.8. The first-order valence-corrected chi connectivity index (χ1v) is 10.4. The van der Waals surface area contributed by atoms with Gasteiger partial charge in [-0.3, -0.25) is 0 Å². The summed E-state index contributed by atoms with van der Waals surface area (Å²) in [5.41, 5.74) is 3.18. The van der Waals surface area contributed by atoms with Crippen molar-refractivity contribution in [3.63, 3.8) is 0 Å². The molecule has 1 aliphatic rings. The smallest absolute Gasteiger partial charge is 0.475 e. The van der Waals surface area contributed by atoms with Crippen molar-refractivity contribution >= 4 is 23.6 Å². The second-order valence-electron chi connectivity index (χ2n) is 7.48. The van der Waals surface area contributed by atoms with Gasteiger partial charge in [-0.1, -0.05) is 6.07 Å². The number of halogens is 6. The Morgan fingerprint density at radius 1 is 0.919 bits per heavy atom. The molecule has 0 fully saturated rings. The summed E-state index contributed by atoms with van der Waals surface area (Å²) in [6.45, 7) is 8.09. The molecule has 0 aromatic carbocycles. The minimum absolute atomic E-state index is 0.694. The van der Waals surface area contributed by atoms with E-state index in [4.69, 9.17) is 29.5 Å². The molecule has 1 aliphatic heterocycles. The molecule has 37 heavy (non-hydrogen) atoms. The molecular weight excluding hydrogens is 516 g/mol. The van der Waals surface area contributed by atoms with Gasteiger partial charge in [-0.05, 0) is 32.0 Å². The lowest BCUT2D eigenvalue weighted by molar-refractivity contribution is -0.193. The number of aliphatic carboxylic acids is 2. The first-order valence-electron chi connectivity index (χ1n) is 10.4.